The molecule has 2 aromatic carbocycles. The minimum Gasteiger partial charge on any atom is -0.423 e. The van der Waals surface area contributed by atoms with E-state index in [0.29, 0.717) is 47.2 Å². The van der Waals surface area contributed by atoms with Gasteiger partial charge in [0.05, 0.1) is 10.9 Å². The summed E-state index contributed by atoms with van der Waals surface area (Å²) in [7, 11) is 1.65. The molecule has 8 nitrogen and oxygen atoms in total. The second-order valence-electron chi connectivity index (χ2n) is 8.79. The van der Waals surface area contributed by atoms with Gasteiger partial charge in [0, 0.05) is 37.5 Å². The van der Waals surface area contributed by atoms with Crippen LogP contribution in [0.4, 0.5) is 0 Å². The maximum absolute atomic E-state index is 13.2. The molecule has 0 bridgehead atoms. The van der Waals surface area contributed by atoms with Gasteiger partial charge in [0.1, 0.15) is 5.58 Å². The Balaban J connectivity index is 1.43. The van der Waals surface area contributed by atoms with E-state index >= 15 is 0 Å². The fraction of sp³-hybridized carbons (Fsp3) is 0.308. The van der Waals surface area contributed by atoms with Crippen molar-refractivity contribution in [2.24, 2.45) is 0 Å². The Kier molecular flexibility index (Phi) is 5.66. The van der Waals surface area contributed by atoms with Crippen LogP contribution in [0, 0.1) is 0 Å². The summed E-state index contributed by atoms with van der Waals surface area (Å²) in [5.74, 6) is 1.03. The Morgan fingerprint density at radius 1 is 1.06 bits per heavy atom. The van der Waals surface area contributed by atoms with Gasteiger partial charge in [-0.15, -0.1) is 10.2 Å². The van der Waals surface area contributed by atoms with E-state index in [1.807, 2.05) is 34.7 Å². The number of para-hydroxylation sites is 1. The summed E-state index contributed by atoms with van der Waals surface area (Å²) >= 11 is 1.49. The summed E-state index contributed by atoms with van der Waals surface area (Å²) < 4.78 is 14.3. The Bertz CT molecular complexity index is 1700. The molecule has 1 aliphatic rings. The number of aryl methyl sites for hydroxylation is 3. The highest BCUT2D eigenvalue weighted by atomic mass is 32.2. The average Bonchev–Trinajstić information content (AvgIpc) is 3.50. The van der Waals surface area contributed by atoms with Gasteiger partial charge >= 0.3 is 5.63 Å². The van der Waals surface area contributed by atoms with Crippen molar-refractivity contribution in [2.75, 3.05) is 13.7 Å². The molecule has 9 heteroatoms. The molecule has 178 valence electrons. The summed E-state index contributed by atoms with van der Waals surface area (Å²) in [6.45, 7) is 1.04. The monoisotopic (exact) mass is 488 g/mol. The zero-order chi connectivity index (χ0) is 23.9. The minimum absolute atomic E-state index is 0.0892. The molecular formula is C26H24N4O4S. The molecule has 3 heterocycles. The largest absolute Gasteiger partial charge is 0.423 e. The third-order valence-electron chi connectivity index (χ3n) is 6.61. The maximum Gasteiger partial charge on any atom is 0.336 e. The van der Waals surface area contributed by atoms with Crippen LogP contribution in [-0.2, 0) is 29.9 Å². The van der Waals surface area contributed by atoms with E-state index < -0.39 is 0 Å². The Morgan fingerprint density at radius 2 is 1.89 bits per heavy atom. The Labute approximate surface area is 204 Å². The maximum atomic E-state index is 13.2. The van der Waals surface area contributed by atoms with E-state index in [0.717, 1.165) is 35.7 Å². The van der Waals surface area contributed by atoms with Crippen LogP contribution in [0.15, 0.2) is 61.6 Å². The van der Waals surface area contributed by atoms with Gasteiger partial charge in [-0.1, -0.05) is 23.9 Å². The molecule has 0 unspecified atom stereocenters. The number of hydrogen-bond donors (Lipinski definition) is 0. The third-order valence-corrected chi connectivity index (χ3v) is 7.59. The summed E-state index contributed by atoms with van der Waals surface area (Å²) in [5.41, 5.74) is 4.47. The van der Waals surface area contributed by atoms with Gasteiger partial charge in [0.2, 0.25) is 5.78 Å². The number of aromatic nitrogens is 4. The van der Waals surface area contributed by atoms with Gasteiger partial charge in [-0.25, -0.2) is 4.79 Å². The first kappa shape index (κ1) is 22.1. The molecule has 0 atom stereocenters. The van der Waals surface area contributed by atoms with Crippen molar-refractivity contribution in [1.82, 2.24) is 19.2 Å². The van der Waals surface area contributed by atoms with E-state index in [-0.39, 0.29) is 11.2 Å². The number of nitrogens with zero attached hydrogens (tertiary/aromatic N) is 4. The zero-order valence-corrected chi connectivity index (χ0v) is 20.1. The fourth-order valence-electron chi connectivity index (χ4n) is 4.95. The number of methoxy groups -OCH3 is 1. The van der Waals surface area contributed by atoms with Gasteiger partial charge in [0.15, 0.2) is 5.16 Å². The lowest BCUT2D eigenvalue weighted by molar-refractivity contribution is 0.190. The molecular weight excluding hydrogens is 464 g/mol. The van der Waals surface area contributed by atoms with Gasteiger partial charge in [-0.2, -0.15) is 0 Å². The molecule has 0 N–H and O–H groups in total. The Morgan fingerprint density at radius 3 is 2.74 bits per heavy atom. The minimum atomic E-state index is -0.352. The normalized spacial score (nSPS) is 13.3. The first-order valence-corrected chi connectivity index (χ1v) is 12.7. The van der Waals surface area contributed by atoms with Crippen molar-refractivity contribution in [3.05, 3.63) is 79.9 Å². The van der Waals surface area contributed by atoms with Gasteiger partial charge in [0.25, 0.3) is 5.56 Å². The average molecular weight is 489 g/mol. The molecule has 0 fully saturated rings. The molecule has 0 amide bonds. The molecule has 0 radical (unpaired) electrons. The predicted molar refractivity (Wildman–Crippen MR) is 135 cm³/mol. The summed E-state index contributed by atoms with van der Waals surface area (Å²) in [6, 6.07) is 13.3. The lowest BCUT2D eigenvalue weighted by Crippen LogP contribution is -2.24. The first-order valence-electron chi connectivity index (χ1n) is 11.7. The van der Waals surface area contributed by atoms with Crippen molar-refractivity contribution in [3.8, 4) is 0 Å². The van der Waals surface area contributed by atoms with Crippen molar-refractivity contribution < 1.29 is 9.15 Å². The van der Waals surface area contributed by atoms with E-state index in [2.05, 4.69) is 16.3 Å². The highest BCUT2D eigenvalue weighted by Gasteiger charge is 2.19. The molecule has 0 saturated carbocycles. The molecule has 1 aliphatic carbocycles. The van der Waals surface area contributed by atoms with E-state index in [1.165, 1.54) is 22.9 Å². The van der Waals surface area contributed by atoms with Gasteiger partial charge < -0.3 is 9.15 Å². The summed E-state index contributed by atoms with van der Waals surface area (Å²) in [6.07, 6.45) is 3.90. The lowest BCUT2D eigenvalue weighted by atomic mass is 10.0. The van der Waals surface area contributed by atoms with Crippen LogP contribution in [0.5, 0.6) is 0 Å². The second-order valence-corrected chi connectivity index (χ2v) is 9.73. The predicted octanol–water partition coefficient (Wildman–Crippen LogP) is 3.97. The van der Waals surface area contributed by atoms with Crippen molar-refractivity contribution in [2.45, 2.75) is 43.1 Å². The van der Waals surface area contributed by atoms with Gasteiger partial charge in [-0.3, -0.25) is 13.8 Å². The van der Waals surface area contributed by atoms with Gasteiger partial charge in [-0.05, 0) is 66.6 Å². The Hall–Kier alpha value is -3.43. The smallest absolute Gasteiger partial charge is 0.336 e. The number of fused-ring (bicyclic) bond motifs is 5. The van der Waals surface area contributed by atoms with Crippen LogP contribution >= 0.6 is 11.8 Å². The van der Waals surface area contributed by atoms with Crippen LogP contribution in [0.25, 0.3) is 27.6 Å². The number of benzene rings is 2. The third kappa shape index (κ3) is 3.84. The molecule has 5 aromatic rings. The highest BCUT2D eigenvalue weighted by molar-refractivity contribution is 7.98. The number of rotatable bonds is 7. The molecule has 6 rings (SSSR count). The number of thioether (sulfide) groups is 1. The van der Waals surface area contributed by atoms with Crippen LogP contribution in [0.3, 0.4) is 0 Å². The van der Waals surface area contributed by atoms with Crippen molar-refractivity contribution in [3.63, 3.8) is 0 Å². The standard InChI is InChI=1S/C26H24N4O4S/c1-33-11-5-10-29-24(32)19-8-2-3-9-21(19)30-25(29)27-28-26(30)35-15-18-14-23(31)34-22-13-17-7-4-6-16(17)12-20(18)22/h2-3,8-9,12-14H,4-7,10-11,15H2,1H3. The highest BCUT2D eigenvalue weighted by Crippen LogP contribution is 2.31. The van der Waals surface area contributed by atoms with Crippen LogP contribution < -0.4 is 11.2 Å². The number of ether oxygens (including phenoxy) is 1. The zero-order valence-electron chi connectivity index (χ0n) is 19.3. The molecule has 0 aliphatic heterocycles. The van der Waals surface area contributed by atoms with Crippen molar-refractivity contribution in [1.29, 1.82) is 0 Å². The summed E-state index contributed by atoms with van der Waals surface area (Å²) in [5, 5.41) is 11.1. The van der Waals surface area contributed by atoms with E-state index in [4.69, 9.17) is 9.15 Å². The van der Waals surface area contributed by atoms with Crippen molar-refractivity contribution >= 4 is 39.4 Å². The molecule has 3 aromatic heterocycles. The van der Waals surface area contributed by atoms with E-state index in [1.54, 1.807) is 17.7 Å². The summed E-state index contributed by atoms with van der Waals surface area (Å²) in [4.78, 5) is 25.5. The topological polar surface area (TPSA) is 91.6 Å². The van der Waals surface area contributed by atoms with Crippen LogP contribution in [-0.4, -0.2) is 32.9 Å². The molecule has 0 spiro atoms. The second kappa shape index (κ2) is 8.98. The quantitative estimate of drug-likeness (QED) is 0.194. The first-order chi connectivity index (χ1) is 17.1. The van der Waals surface area contributed by atoms with Crippen LogP contribution in [0.1, 0.15) is 29.5 Å². The molecule has 0 saturated heterocycles. The molecule has 35 heavy (non-hydrogen) atoms. The van der Waals surface area contributed by atoms with Crippen LogP contribution in [0.2, 0.25) is 0 Å². The van der Waals surface area contributed by atoms with E-state index in [9.17, 15) is 9.59 Å². The lowest BCUT2D eigenvalue weighted by Gasteiger charge is -2.11. The fourth-order valence-corrected chi connectivity index (χ4v) is 5.88. The number of hydrogen-bond acceptors (Lipinski definition) is 7. The SMILES string of the molecule is COCCCn1c(=O)c2ccccc2n2c(SCc3cc(=O)oc4cc5c(cc34)CCC5)nnc12.